The van der Waals surface area contributed by atoms with Crippen LogP contribution < -0.4 is 5.32 Å². The highest BCUT2D eigenvalue weighted by atomic mass is 32.2. The Kier molecular flexibility index (Phi) is 5.13. The summed E-state index contributed by atoms with van der Waals surface area (Å²) < 4.78 is 27.6. The molecule has 0 radical (unpaired) electrons. The lowest BCUT2D eigenvalue weighted by Gasteiger charge is -2.25. The van der Waals surface area contributed by atoms with Gasteiger partial charge >= 0.3 is 0 Å². The van der Waals surface area contributed by atoms with Gasteiger partial charge in [-0.2, -0.15) is 4.31 Å². The van der Waals surface area contributed by atoms with E-state index in [2.05, 4.69) is 10.3 Å². The van der Waals surface area contributed by atoms with Crippen molar-refractivity contribution in [2.75, 3.05) is 11.9 Å². The van der Waals surface area contributed by atoms with Crippen LogP contribution in [0.4, 0.5) is 10.8 Å². The van der Waals surface area contributed by atoms with E-state index in [0.717, 1.165) is 35.9 Å². The summed E-state index contributed by atoms with van der Waals surface area (Å²) in [7, 11) is -3.89. The van der Waals surface area contributed by atoms with Gasteiger partial charge in [-0.05, 0) is 25.3 Å². The minimum Gasteiger partial charge on any atom is -0.302 e. The van der Waals surface area contributed by atoms with Crippen LogP contribution in [-0.4, -0.2) is 35.1 Å². The first-order chi connectivity index (χ1) is 13.8. The molecule has 0 spiro atoms. The predicted octanol–water partition coefficient (Wildman–Crippen LogP) is 2.85. The Balaban J connectivity index is 1.55. The largest absolute Gasteiger partial charge is 0.302 e. The van der Waals surface area contributed by atoms with Gasteiger partial charge in [0, 0.05) is 35.9 Å². The highest BCUT2D eigenvalue weighted by molar-refractivity contribution is 7.89. The van der Waals surface area contributed by atoms with Crippen LogP contribution in [0, 0.1) is 23.0 Å². The fraction of sp³-hybridized carbons (Fsp3) is 0.444. The van der Waals surface area contributed by atoms with Crippen molar-refractivity contribution < 1.29 is 18.1 Å². The van der Waals surface area contributed by atoms with Gasteiger partial charge in [-0.3, -0.25) is 14.9 Å². The third-order valence-electron chi connectivity index (χ3n) is 5.40. The number of aromatic nitrogens is 1. The first kappa shape index (κ1) is 19.9. The number of amides is 1. The quantitative estimate of drug-likeness (QED) is 0.568. The molecule has 2 aliphatic rings. The average Bonchev–Trinajstić information content (AvgIpc) is 3.01. The zero-order valence-electron chi connectivity index (χ0n) is 15.8. The van der Waals surface area contributed by atoms with Crippen molar-refractivity contribution in [2.24, 2.45) is 5.92 Å². The van der Waals surface area contributed by atoms with Gasteiger partial charge in [0.25, 0.3) is 5.69 Å². The summed E-state index contributed by atoms with van der Waals surface area (Å²) in [5, 5.41) is 14.4. The van der Waals surface area contributed by atoms with Crippen LogP contribution in [0.15, 0.2) is 23.1 Å². The number of nitrogens with one attached hydrogen (secondary N) is 1. The van der Waals surface area contributed by atoms with E-state index in [-0.39, 0.29) is 35.5 Å². The van der Waals surface area contributed by atoms with E-state index in [9.17, 15) is 23.3 Å². The fourth-order valence-corrected chi connectivity index (χ4v) is 6.19. The van der Waals surface area contributed by atoms with Gasteiger partial charge < -0.3 is 5.32 Å². The van der Waals surface area contributed by atoms with Crippen LogP contribution in [0.2, 0.25) is 0 Å². The van der Waals surface area contributed by atoms with Crippen molar-refractivity contribution in [3.05, 3.63) is 44.4 Å². The van der Waals surface area contributed by atoms with Gasteiger partial charge in [-0.25, -0.2) is 13.4 Å². The summed E-state index contributed by atoms with van der Waals surface area (Å²) in [6.07, 6.45) is 3.28. The van der Waals surface area contributed by atoms with E-state index in [0.29, 0.717) is 17.1 Å². The number of benzene rings is 1. The second-order valence-corrected chi connectivity index (χ2v) is 10.3. The lowest BCUT2D eigenvalue weighted by molar-refractivity contribution is -0.385. The summed E-state index contributed by atoms with van der Waals surface area (Å²) in [6, 6.07) is 3.85. The molecule has 2 heterocycles. The number of non-ortho nitro benzene ring substituents is 1. The molecule has 1 aromatic carbocycles. The zero-order valence-corrected chi connectivity index (χ0v) is 17.4. The number of nitro benzene ring substituents is 1. The van der Waals surface area contributed by atoms with Crippen LogP contribution in [-0.2, 0) is 27.8 Å². The van der Waals surface area contributed by atoms with Gasteiger partial charge in [0.05, 0.1) is 22.1 Å². The molecular weight excluding hydrogens is 416 g/mol. The van der Waals surface area contributed by atoms with Crippen LogP contribution in [0.5, 0.6) is 0 Å². The van der Waals surface area contributed by atoms with Gasteiger partial charge in [-0.15, -0.1) is 11.3 Å². The van der Waals surface area contributed by atoms with E-state index in [1.807, 2.05) is 0 Å². The summed E-state index contributed by atoms with van der Waals surface area (Å²) in [4.78, 5) is 27.8. The number of nitro groups is 1. The van der Waals surface area contributed by atoms with Crippen molar-refractivity contribution in [2.45, 2.75) is 44.0 Å². The Morgan fingerprint density at radius 2 is 2.14 bits per heavy atom. The standard InChI is InChI=1S/C18H20N4O5S2/c1-11-5-6-13(22(24)25)9-16(11)29(26,27)21-8-7-14-15(10-21)28-18(19-14)20-17(23)12-3-2-4-12/h5-6,9,12H,2-4,7-8,10H2,1H3,(H,19,20,23). The molecule has 1 N–H and O–H groups in total. The minimum atomic E-state index is -3.89. The van der Waals surface area contributed by atoms with E-state index < -0.39 is 14.9 Å². The van der Waals surface area contributed by atoms with Crippen molar-refractivity contribution >= 4 is 38.1 Å². The zero-order chi connectivity index (χ0) is 20.8. The maximum atomic E-state index is 13.1. The number of thiazole rings is 1. The molecule has 1 aliphatic carbocycles. The molecular formula is C18H20N4O5S2. The number of sulfonamides is 1. The number of nitrogens with zero attached hydrogens (tertiary/aromatic N) is 3. The number of rotatable bonds is 5. The number of hydrogen-bond donors (Lipinski definition) is 1. The topological polar surface area (TPSA) is 123 Å². The van der Waals surface area contributed by atoms with E-state index in [4.69, 9.17) is 0 Å². The number of anilines is 1. The maximum absolute atomic E-state index is 13.1. The van der Waals surface area contributed by atoms with E-state index >= 15 is 0 Å². The first-order valence-corrected chi connectivity index (χ1v) is 11.6. The van der Waals surface area contributed by atoms with Crippen molar-refractivity contribution in [1.29, 1.82) is 0 Å². The molecule has 29 heavy (non-hydrogen) atoms. The highest BCUT2D eigenvalue weighted by Gasteiger charge is 2.33. The molecule has 1 aliphatic heterocycles. The number of fused-ring (bicyclic) bond motifs is 1. The molecule has 4 rings (SSSR count). The molecule has 0 unspecified atom stereocenters. The number of aryl methyl sites for hydroxylation is 1. The molecule has 0 atom stereocenters. The Morgan fingerprint density at radius 3 is 2.79 bits per heavy atom. The van der Waals surface area contributed by atoms with Gasteiger partial charge in [0.2, 0.25) is 15.9 Å². The SMILES string of the molecule is Cc1ccc([N+](=O)[O-])cc1S(=O)(=O)N1CCc2nc(NC(=O)C3CCC3)sc2C1. The Bertz CT molecular complexity index is 1090. The second-order valence-electron chi connectivity index (χ2n) is 7.30. The van der Waals surface area contributed by atoms with Crippen LogP contribution >= 0.6 is 11.3 Å². The average molecular weight is 437 g/mol. The summed E-state index contributed by atoms with van der Waals surface area (Å²) >= 11 is 1.29. The van der Waals surface area contributed by atoms with Crippen molar-refractivity contribution in [3.8, 4) is 0 Å². The Morgan fingerprint density at radius 1 is 1.38 bits per heavy atom. The maximum Gasteiger partial charge on any atom is 0.270 e. The molecule has 2 aromatic rings. The third kappa shape index (κ3) is 3.77. The number of carbonyl (C=O) groups excluding carboxylic acids is 1. The number of hydrogen-bond acceptors (Lipinski definition) is 7. The monoisotopic (exact) mass is 436 g/mol. The van der Waals surface area contributed by atoms with E-state index in [1.54, 1.807) is 6.92 Å². The number of carbonyl (C=O) groups is 1. The molecule has 1 aromatic heterocycles. The summed E-state index contributed by atoms with van der Waals surface area (Å²) in [5.74, 6) is 0.0173. The smallest absolute Gasteiger partial charge is 0.270 e. The van der Waals surface area contributed by atoms with Crippen molar-refractivity contribution in [3.63, 3.8) is 0 Å². The van der Waals surface area contributed by atoms with Crippen LogP contribution in [0.25, 0.3) is 0 Å². The first-order valence-electron chi connectivity index (χ1n) is 9.30. The van der Waals surface area contributed by atoms with Crippen molar-refractivity contribution in [1.82, 2.24) is 9.29 Å². The summed E-state index contributed by atoms with van der Waals surface area (Å²) in [6.45, 7) is 1.99. The Hall–Kier alpha value is -2.37. The molecule has 154 valence electrons. The van der Waals surface area contributed by atoms with Gasteiger partial charge in [-0.1, -0.05) is 12.5 Å². The van der Waals surface area contributed by atoms with Crippen LogP contribution in [0.1, 0.15) is 35.4 Å². The normalized spacial score (nSPS) is 17.4. The lowest BCUT2D eigenvalue weighted by Crippen LogP contribution is -2.35. The summed E-state index contributed by atoms with van der Waals surface area (Å²) in [5.41, 5.74) is 0.992. The lowest BCUT2D eigenvalue weighted by atomic mass is 9.85. The molecule has 0 saturated heterocycles. The molecule has 0 bridgehead atoms. The fourth-order valence-electron chi connectivity index (χ4n) is 3.43. The molecule has 9 nitrogen and oxygen atoms in total. The Labute approximate surface area is 172 Å². The molecule has 1 amide bonds. The third-order valence-corrected chi connectivity index (χ3v) is 8.39. The van der Waals surface area contributed by atoms with Gasteiger partial charge in [0.1, 0.15) is 0 Å². The van der Waals surface area contributed by atoms with Gasteiger partial charge in [0.15, 0.2) is 5.13 Å². The molecule has 11 heteroatoms. The van der Waals surface area contributed by atoms with E-state index in [1.165, 1.54) is 27.8 Å². The second kappa shape index (κ2) is 7.47. The molecule has 1 fully saturated rings. The molecule has 1 saturated carbocycles. The minimum absolute atomic E-state index is 0.0287. The van der Waals surface area contributed by atoms with Crippen LogP contribution in [0.3, 0.4) is 0 Å². The predicted molar refractivity (Wildman–Crippen MR) is 107 cm³/mol. The highest BCUT2D eigenvalue weighted by Crippen LogP contribution is 2.34.